The van der Waals surface area contributed by atoms with Crippen molar-refractivity contribution in [3.63, 3.8) is 0 Å². The number of carbonyl (C=O) groups excluding carboxylic acids is 1. The summed E-state index contributed by atoms with van der Waals surface area (Å²) in [5.41, 5.74) is 2.76. The second-order valence-electron chi connectivity index (χ2n) is 7.48. The maximum Gasteiger partial charge on any atom is 0.409 e. The van der Waals surface area contributed by atoms with Crippen LogP contribution in [0.2, 0.25) is 5.02 Å². The van der Waals surface area contributed by atoms with Crippen LogP contribution >= 0.6 is 47.5 Å². The van der Waals surface area contributed by atoms with Crippen molar-refractivity contribution >= 4 is 53.6 Å². The number of benzene rings is 2. The molecule has 1 unspecified atom stereocenters. The maximum absolute atomic E-state index is 11.9. The van der Waals surface area contributed by atoms with Gasteiger partial charge in [0.1, 0.15) is 0 Å². The third-order valence-corrected chi connectivity index (χ3v) is 8.22. The van der Waals surface area contributed by atoms with Gasteiger partial charge in [0.2, 0.25) is 0 Å². The molecule has 0 radical (unpaired) electrons. The second kappa shape index (κ2) is 11.7. The van der Waals surface area contributed by atoms with Gasteiger partial charge >= 0.3 is 6.09 Å². The van der Waals surface area contributed by atoms with E-state index in [1.807, 2.05) is 41.4 Å². The molecule has 2 aromatic carbocycles. The molecule has 2 aromatic rings. The predicted molar refractivity (Wildman–Crippen MR) is 133 cm³/mol. The van der Waals surface area contributed by atoms with Crippen molar-refractivity contribution in [1.29, 1.82) is 0 Å². The van der Waals surface area contributed by atoms with E-state index >= 15 is 0 Å². The van der Waals surface area contributed by atoms with Crippen LogP contribution in [-0.4, -0.2) is 61.0 Å². The minimum atomic E-state index is -0.184. The lowest BCUT2D eigenvalue weighted by Crippen LogP contribution is -2.49. The molecule has 1 fully saturated rings. The number of piperazine rings is 1. The Morgan fingerprint density at radius 3 is 2.71 bits per heavy atom. The van der Waals surface area contributed by atoms with Crippen LogP contribution in [0.15, 0.2) is 52.3 Å². The zero-order chi connectivity index (χ0) is 20.9. The van der Waals surface area contributed by atoms with E-state index in [-0.39, 0.29) is 18.5 Å². The van der Waals surface area contributed by atoms with Gasteiger partial charge in [0.25, 0.3) is 0 Å². The number of rotatable bonds is 5. The van der Waals surface area contributed by atoms with Crippen LogP contribution < -0.4 is 0 Å². The Balaban J connectivity index is 0.00000272. The summed E-state index contributed by atoms with van der Waals surface area (Å²) in [5.74, 6) is 1.07. The van der Waals surface area contributed by atoms with Gasteiger partial charge in [-0.05, 0) is 48.7 Å². The molecule has 0 bridgehead atoms. The van der Waals surface area contributed by atoms with Crippen molar-refractivity contribution in [2.24, 2.45) is 0 Å². The van der Waals surface area contributed by atoms with Crippen LogP contribution in [0, 0.1) is 0 Å². The Morgan fingerprint density at radius 1 is 1.16 bits per heavy atom. The lowest BCUT2D eigenvalue weighted by molar-refractivity contribution is 0.0813. The van der Waals surface area contributed by atoms with E-state index in [4.69, 9.17) is 16.3 Å². The van der Waals surface area contributed by atoms with E-state index in [1.54, 1.807) is 0 Å². The molecule has 2 aliphatic heterocycles. The first-order valence-electron chi connectivity index (χ1n) is 10.4. The number of ether oxygens (including phenoxy) is 1. The van der Waals surface area contributed by atoms with Crippen molar-refractivity contribution < 1.29 is 9.53 Å². The first-order valence-corrected chi connectivity index (χ1v) is 12.7. The summed E-state index contributed by atoms with van der Waals surface area (Å²) in [5, 5.41) is 1.23. The normalized spacial score (nSPS) is 18.4. The summed E-state index contributed by atoms with van der Waals surface area (Å²) in [4.78, 5) is 18.8. The number of hydrogen-bond acceptors (Lipinski definition) is 5. The predicted octanol–water partition coefficient (Wildman–Crippen LogP) is 6.02. The number of nitrogens with zero attached hydrogens (tertiary/aromatic N) is 2. The molecule has 2 aliphatic rings. The van der Waals surface area contributed by atoms with E-state index in [9.17, 15) is 4.79 Å². The van der Waals surface area contributed by atoms with Gasteiger partial charge in [-0.3, -0.25) is 4.90 Å². The summed E-state index contributed by atoms with van der Waals surface area (Å²) in [6.45, 7) is 6.64. The molecule has 4 rings (SSSR count). The zero-order valence-electron chi connectivity index (χ0n) is 17.6. The van der Waals surface area contributed by atoms with Crippen LogP contribution in [0.4, 0.5) is 4.79 Å². The standard InChI is InChI=1S/C23H27ClN2O2S2.ClH/c1-2-28-23(27)26-11-9-25(10-12-26)13-14-29-22-16-17-15-18(24)7-8-20(17)30-21-6-4-3-5-19(21)22;/h3-8,15,22H,2,9-14,16H2,1H3;1H. The zero-order valence-corrected chi connectivity index (χ0v) is 20.8. The summed E-state index contributed by atoms with van der Waals surface area (Å²) >= 11 is 10.2. The lowest BCUT2D eigenvalue weighted by atomic mass is 10.0. The molecule has 4 nitrogen and oxygen atoms in total. The number of thioether (sulfide) groups is 1. The van der Waals surface area contributed by atoms with E-state index < -0.39 is 0 Å². The Morgan fingerprint density at radius 2 is 1.94 bits per heavy atom. The highest BCUT2D eigenvalue weighted by Crippen LogP contribution is 2.46. The SMILES string of the molecule is CCOC(=O)N1CCN(CCSC2Cc3cc(Cl)ccc3Sc3ccccc32)CC1.Cl. The van der Waals surface area contributed by atoms with Crippen LogP contribution in [0.5, 0.6) is 0 Å². The fourth-order valence-electron chi connectivity index (χ4n) is 3.92. The van der Waals surface area contributed by atoms with E-state index in [0.29, 0.717) is 11.9 Å². The third kappa shape index (κ3) is 6.26. The van der Waals surface area contributed by atoms with Gasteiger partial charge in [-0.2, -0.15) is 11.8 Å². The number of amides is 1. The van der Waals surface area contributed by atoms with Crippen molar-refractivity contribution in [1.82, 2.24) is 9.80 Å². The molecule has 0 aromatic heterocycles. The maximum atomic E-state index is 11.9. The smallest absolute Gasteiger partial charge is 0.409 e. The van der Waals surface area contributed by atoms with E-state index in [1.165, 1.54) is 20.9 Å². The van der Waals surface area contributed by atoms with Gasteiger partial charge in [-0.15, -0.1) is 12.4 Å². The molecule has 8 heteroatoms. The molecular weight excluding hydrogens is 471 g/mol. The van der Waals surface area contributed by atoms with Crippen LogP contribution in [0.3, 0.4) is 0 Å². The number of fused-ring (bicyclic) bond motifs is 2. The Labute approximate surface area is 204 Å². The van der Waals surface area contributed by atoms with Gasteiger partial charge in [0, 0.05) is 58.5 Å². The van der Waals surface area contributed by atoms with Gasteiger partial charge in [0.05, 0.1) is 6.61 Å². The van der Waals surface area contributed by atoms with Gasteiger partial charge in [-0.1, -0.05) is 41.6 Å². The summed E-state index contributed by atoms with van der Waals surface area (Å²) < 4.78 is 5.11. The van der Waals surface area contributed by atoms with Crippen molar-refractivity contribution in [2.45, 2.75) is 28.4 Å². The minimum Gasteiger partial charge on any atom is -0.450 e. The second-order valence-corrected chi connectivity index (χ2v) is 10.3. The Hall–Kier alpha value is -1.05. The fraction of sp³-hybridized carbons (Fsp3) is 0.435. The fourth-order valence-corrected chi connectivity index (χ4v) is 6.64. The summed E-state index contributed by atoms with van der Waals surface area (Å²) in [6.07, 6.45) is 0.817. The average molecular weight is 500 g/mol. The monoisotopic (exact) mass is 498 g/mol. The third-order valence-electron chi connectivity index (χ3n) is 5.54. The van der Waals surface area contributed by atoms with Gasteiger partial charge < -0.3 is 9.64 Å². The van der Waals surface area contributed by atoms with Crippen molar-refractivity contribution in [3.05, 3.63) is 58.6 Å². The Bertz CT molecular complexity index is 892. The Kier molecular flexibility index (Phi) is 9.29. The van der Waals surface area contributed by atoms with Crippen LogP contribution in [0.1, 0.15) is 23.3 Å². The number of halogens is 2. The van der Waals surface area contributed by atoms with Crippen LogP contribution in [-0.2, 0) is 11.2 Å². The van der Waals surface area contributed by atoms with Crippen molar-refractivity contribution in [2.75, 3.05) is 45.1 Å². The lowest BCUT2D eigenvalue weighted by Gasteiger charge is -2.34. The number of carbonyl (C=O) groups is 1. The van der Waals surface area contributed by atoms with E-state index in [2.05, 4.69) is 41.3 Å². The van der Waals surface area contributed by atoms with E-state index in [0.717, 1.165) is 49.9 Å². The largest absolute Gasteiger partial charge is 0.450 e. The molecular formula is C23H28Cl2N2O2S2. The molecule has 0 aliphatic carbocycles. The molecule has 1 saturated heterocycles. The molecule has 31 heavy (non-hydrogen) atoms. The van der Waals surface area contributed by atoms with Crippen molar-refractivity contribution in [3.8, 4) is 0 Å². The quantitative estimate of drug-likeness (QED) is 0.503. The average Bonchev–Trinajstić information content (AvgIpc) is 2.91. The molecule has 1 amide bonds. The molecule has 0 N–H and O–H groups in total. The molecule has 2 heterocycles. The van der Waals surface area contributed by atoms with Crippen LogP contribution in [0.25, 0.3) is 0 Å². The highest BCUT2D eigenvalue weighted by molar-refractivity contribution is 8.00. The summed E-state index contributed by atoms with van der Waals surface area (Å²) in [6, 6.07) is 15.0. The molecule has 0 spiro atoms. The first kappa shape index (κ1) is 24.6. The topological polar surface area (TPSA) is 32.8 Å². The van der Waals surface area contributed by atoms with Gasteiger partial charge in [-0.25, -0.2) is 4.79 Å². The highest BCUT2D eigenvalue weighted by Gasteiger charge is 2.25. The minimum absolute atomic E-state index is 0. The molecule has 168 valence electrons. The number of hydrogen-bond donors (Lipinski definition) is 0. The molecule has 1 atom stereocenters. The highest BCUT2D eigenvalue weighted by atomic mass is 35.5. The first-order chi connectivity index (χ1) is 14.6. The summed E-state index contributed by atoms with van der Waals surface area (Å²) in [7, 11) is 0. The molecule has 0 saturated carbocycles. The van der Waals surface area contributed by atoms with Gasteiger partial charge in [0.15, 0.2) is 0 Å².